The van der Waals surface area contributed by atoms with Gasteiger partial charge in [-0.15, -0.1) is 0 Å². The van der Waals surface area contributed by atoms with Crippen molar-refractivity contribution in [3.63, 3.8) is 0 Å². The van der Waals surface area contributed by atoms with Gasteiger partial charge >= 0.3 is 172 Å². The molecule has 0 amide bonds. The van der Waals surface area contributed by atoms with E-state index in [1.54, 1.807) is 0 Å². The molecule has 4 aliphatic rings. The van der Waals surface area contributed by atoms with Gasteiger partial charge in [0, 0.05) is 0 Å². The summed E-state index contributed by atoms with van der Waals surface area (Å²) < 4.78 is 4.11. The molecule has 0 aromatic rings. The molecule has 0 radical (unpaired) electrons. The fourth-order valence-electron chi connectivity index (χ4n) is 8.97. The van der Waals surface area contributed by atoms with Gasteiger partial charge in [-0.2, -0.15) is 0 Å². The Morgan fingerprint density at radius 3 is 2.56 bits per heavy atom. The predicted molar refractivity (Wildman–Crippen MR) is 131 cm³/mol. The zero-order valence-corrected chi connectivity index (χ0v) is 24.1. The van der Waals surface area contributed by atoms with Crippen LogP contribution in [0.25, 0.3) is 0 Å². The quantitative estimate of drug-likeness (QED) is 0.239. The molecule has 8 atom stereocenters. The third-order valence-corrected chi connectivity index (χ3v) is 11.8. The van der Waals surface area contributed by atoms with Gasteiger partial charge in [-0.25, -0.2) is 0 Å². The van der Waals surface area contributed by atoms with Crippen LogP contribution < -0.4 is 21.2 Å². The SMILES string of the molecule is CC(C)CCC[C@@H](C)[C@H]1CC[C@H]2[C@@H]3CC=C4C[C@@H](OC(=O)[I-]C(=O)O)CCC4(C)[C@H]3CCC12C. The molecule has 2 unspecified atom stereocenters. The van der Waals surface area contributed by atoms with Gasteiger partial charge in [0.15, 0.2) is 0 Å². The summed E-state index contributed by atoms with van der Waals surface area (Å²) in [5.41, 5.74) is 2.23. The fraction of sp³-hybridized carbons (Fsp3) is 0.862. The van der Waals surface area contributed by atoms with Crippen molar-refractivity contribution in [2.75, 3.05) is 0 Å². The first kappa shape index (κ1) is 26.5. The number of halogens is 1. The standard InChI is InChI=1S/C29H46IO4/c1-18(2)7-6-8-19(3)23-11-12-24-22-10-9-20-17-21(34-27(33)30-26(31)32)13-15-28(20,4)25(22)14-16-29(23,24)5/h9,18-19,21-25H,6-8,10-17H2,1-5H3,(H,31,32)/q-1/t19-,21+,22+,23-,24+,25+,28?,29?/m1/s1. The molecule has 4 nitrogen and oxygen atoms in total. The Balaban J connectivity index is 1.43. The number of rotatable bonds is 8. The van der Waals surface area contributed by atoms with Crippen molar-refractivity contribution in [3.8, 4) is 0 Å². The van der Waals surface area contributed by atoms with Crippen LogP contribution in [0.4, 0.5) is 9.59 Å². The first-order valence-corrected chi connectivity index (χ1v) is 16.0. The van der Waals surface area contributed by atoms with E-state index < -0.39 is 29.2 Å². The monoisotopic (exact) mass is 585 g/mol. The minimum absolute atomic E-state index is 0.126. The average molecular weight is 586 g/mol. The first-order valence-electron chi connectivity index (χ1n) is 13.8. The molecule has 5 heteroatoms. The van der Waals surface area contributed by atoms with Crippen LogP contribution in [0.5, 0.6) is 0 Å². The molecule has 3 saturated carbocycles. The second-order valence-corrected chi connectivity index (χ2v) is 15.2. The van der Waals surface area contributed by atoms with Gasteiger partial charge < -0.3 is 0 Å². The Labute approximate surface area is 217 Å². The molecule has 0 bridgehead atoms. The maximum atomic E-state index is 12.0. The number of carboxylic acid groups (broad SMARTS) is 1. The van der Waals surface area contributed by atoms with Crippen LogP contribution in [0, 0.1) is 46.3 Å². The average Bonchev–Trinajstić information content (AvgIpc) is 3.10. The van der Waals surface area contributed by atoms with Crippen LogP contribution in [0.15, 0.2) is 11.6 Å². The molecule has 194 valence electrons. The van der Waals surface area contributed by atoms with E-state index >= 15 is 0 Å². The topological polar surface area (TPSA) is 63.6 Å². The molecule has 4 rings (SSSR count). The summed E-state index contributed by atoms with van der Waals surface area (Å²) in [7, 11) is 0. The van der Waals surface area contributed by atoms with Crippen LogP contribution >= 0.6 is 0 Å². The van der Waals surface area contributed by atoms with E-state index in [0.29, 0.717) is 5.41 Å². The molecule has 34 heavy (non-hydrogen) atoms. The van der Waals surface area contributed by atoms with Crippen LogP contribution in [-0.4, -0.2) is 19.2 Å². The third-order valence-electron chi connectivity index (χ3n) is 10.7. The number of carbonyl (C=O) groups excluding carboxylic acids is 1. The van der Waals surface area contributed by atoms with E-state index in [0.717, 1.165) is 54.8 Å². The van der Waals surface area contributed by atoms with Gasteiger partial charge in [-0.3, -0.25) is 0 Å². The number of ether oxygens (including phenoxy) is 1. The normalized spacial score (nSPS) is 40.2. The predicted octanol–water partition coefficient (Wildman–Crippen LogP) is 5.30. The number of hydrogen-bond donors (Lipinski definition) is 1. The Morgan fingerprint density at radius 2 is 1.85 bits per heavy atom. The Kier molecular flexibility index (Phi) is 8.11. The Hall–Kier alpha value is -0.590. The van der Waals surface area contributed by atoms with Crippen molar-refractivity contribution in [3.05, 3.63) is 11.6 Å². The van der Waals surface area contributed by atoms with Crippen molar-refractivity contribution in [2.24, 2.45) is 46.3 Å². The molecule has 0 heterocycles. The van der Waals surface area contributed by atoms with Gasteiger partial charge in [0.2, 0.25) is 0 Å². The molecule has 4 aliphatic carbocycles. The molecule has 0 aliphatic heterocycles. The molecule has 0 saturated heterocycles. The van der Waals surface area contributed by atoms with Crippen molar-refractivity contribution in [1.29, 1.82) is 0 Å². The molecular formula is C29H46IO4-. The van der Waals surface area contributed by atoms with Gasteiger partial charge in [-0.05, 0) is 5.92 Å². The fourth-order valence-corrected chi connectivity index (χ4v) is 9.84. The van der Waals surface area contributed by atoms with E-state index in [-0.39, 0.29) is 11.5 Å². The molecule has 0 aromatic carbocycles. The van der Waals surface area contributed by atoms with Crippen molar-refractivity contribution in [1.82, 2.24) is 0 Å². The van der Waals surface area contributed by atoms with Gasteiger partial charge in [0.1, 0.15) is 0 Å². The van der Waals surface area contributed by atoms with E-state index in [4.69, 9.17) is 9.84 Å². The summed E-state index contributed by atoms with van der Waals surface area (Å²) in [6.45, 7) is 12.4. The zero-order chi connectivity index (χ0) is 24.7. The molecule has 3 fully saturated rings. The summed E-state index contributed by atoms with van der Waals surface area (Å²) >= 11 is -1.57. The van der Waals surface area contributed by atoms with Crippen molar-refractivity contribution in [2.45, 2.75) is 111 Å². The third kappa shape index (κ3) is 5.11. The second kappa shape index (κ2) is 10.4. The van der Waals surface area contributed by atoms with Crippen LogP contribution in [0.2, 0.25) is 0 Å². The first-order chi connectivity index (χ1) is 16.0. The van der Waals surface area contributed by atoms with Gasteiger partial charge in [0.25, 0.3) is 0 Å². The van der Waals surface area contributed by atoms with Gasteiger partial charge in [-0.1, -0.05) is 40.0 Å². The molecular weight excluding hydrogens is 539 g/mol. The van der Waals surface area contributed by atoms with Crippen molar-refractivity contribution >= 4 is 7.95 Å². The number of fused-ring (bicyclic) bond motifs is 5. The molecule has 1 N–H and O–H groups in total. The summed E-state index contributed by atoms with van der Waals surface area (Å²) in [5.74, 6) is 4.96. The minimum atomic E-state index is -1.57. The zero-order valence-electron chi connectivity index (χ0n) is 21.9. The van der Waals surface area contributed by atoms with Crippen molar-refractivity contribution < 1.29 is 40.6 Å². The number of carbonyl (C=O) groups is 2. The summed E-state index contributed by atoms with van der Waals surface area (Å²) in [6, 6.07) is 0. The molecule has 0 spiro atoms. The van der Waals surface area contributed by atoms with E-state index in [2.05, 4.69) is 40.7 Å². The molecule has 0 aromatic heterocycles. The van der Waals surface area contributed by atoms with Crippen LogP contribution in [-0.2, 0) is 4.74 Å². The van der Waals surface area contributed by atoms with E-state index in [1.165, 1.54) is 56.9 Å². The van der Waals surface area contributed by atoms with Crippen LogP contribution in [0.1, 0.15) is 105 Å². The summed E-state index contributed by atoms with van der Waals surface area (Å²) in [6.07, 6.45) is 16.0. The Morgan fingerprint density at radius 1 is 1.09 bits per heavy atom. The summed E-state index contributed by atoms with van der Waals surface area (Å²) in [4.78, 5) is 22.8. The van der Waals surface area contributed by atoms with Gasteiger partial charge in [0.05, 0.1) is 0 Å². The number of hydrogen-bond acceptors (Lipinski definition) is 3. The summed E-state index contributed by atoms with van der Waals surface area (Å²) in [5, 5.41) is 8.92. The second-order valence-electron chi connectivity index (χ2n) is 12.9. The van der Waals surface area contributed by atoms with E-state index in [9.17, 15) is 9.59 Å². The Bertz CT molecular complexity index is 806. The van der Waals surface area contributed by atoms with Crippen LogP contribution in [0.3, 0.4) is 0 Å². The number of allylic oxidation sites excluding steroid dienone is 1. The van der Waals surface area contributed by atoms with E-state index in [1.807, 2.05) is 0 Å². The maximum absolute atomic E-state index is 12.0.